The smallest absolute Gasteiger partial charge is 0.328 e. The molecule has 20 heavy (non-hydrogen) atoms. The fraction of sp³-hybridized carbons (Fsp3) is 0.300. The Balaban J connectivity index is 2.75. The molecule has 1 atom stereocenters. The van der Waals surface area contributed by atoms with Crippen molar-refractivity contribution < 1.29 is 24.6 Å². The van der Waals surface area contributed by atoms with Crippen molar-refractivity contribution in [3.05, 3.63) is 33.1 Å². The number of aromatic amines is 1. The van der Waals surface area contributed by atoms with E-state index in [2.05, 4.69) is 0 Å². The van der Waals surface area contributed by atoms with E-state index >= 15 is 0 Å². The van der Waals surface area contributed by atoms with Gasteiger partial charge in [-0.15, -0.1) is 0 Å². The quantitative estimate of drug-likeness (QED) is 0.452. The molecule has 1 rings (SSSR count). The highest BCUT2D eigenvalue weighted by Crippen LogP contribution is 1.93. The Kier molecular flexibility index (Phi) is 4.78. The summed E-state index contributed by atoms with van der Waals surface area (Å²) in [6.45, 7) is -0.543. The maximum absolute atomic E-state index is 11.5. The predicted molar refractivity (Wildman–Crippen MR) is 63.1 cm³/mol. The van der Waals surface area contributed by atoms with E-state index in [1.165, 1.54) is 0 Å². The van der Waals surface area contributed by atoms with Gasteiger partial charge >= 0.3 is 17.6 Å². The van der Waals surface area contributed by atoms with Crippen LogP contribution in [-0.4, -0.2) is 43.7 Å². The molecule has 10 heteroatoms. The molecule has 0 radical (unpaired) electrons. The lowest BCUT2D eigenvalue weighted by Crippen LogP contribution is -2.44. The van der Waals surface area contributed by atoms with Gasteiger partial charge in [-0.2, -0.15) is 0 Å². The lowest BCUT2D eigenvalue weighted by atomic mass is 10.2. The fourth-order valence-corrected chi connectivity index (χ4v) is 1.34. The predicted octanol–water partition coefficient (Wildman–Crippen LogP) is -2.42. The molecule has 1 amide bonds. The van der Waals surface area contributed by atoms with E-state index < -0.39 is 48.1 Å². The second-order valence-corrected chi connectivity index (χ2v) is 3.79. The summed E-state index contributed by atoms with van der Waals surface area (Å²) < 4.78 is 0.844. The van der Waals surface area contributed by atoms with Gasteiger partial charge < -0.3 is 15.5 Å². The van der Waals surface area contributed by atoms with Gasteiger partial charge in [-0.05, 0) is 0 Å². The van der Waals surface area contributed by atoms with Crippen LogP contribution in [0.4, 0.5) is 0 Å². The number of H-pyrrole nitrogens is 1. The normalized spacial score (nSPS) is 11.6. The van der Waals surface area contributed by atoms with Crippen molar-refractivity contribution in [1.29, 1.82) is 0 Å². The fourth-order valence-electron chi connectivity index (χ4n) is 1.34. The van der Waals surface area contributed by atoms with E-state index in [9.17, 15) is 24.0 Å². The largest absolute Gasteiger partial charge is 0.481 e. The molecule has 1 unspecified atom stereocenters. The number of nitrogens with zero attached hydrogens (tertiary/aromatic N) is 1. The van der Waals surface area contributed by atoms with Crippen molar-refractivity contribution in [2.75, 3.05) is 0 Å². The Hall–Kier alpha value is -2.91. The second-order valence-electron chi connectivity index (χ2n) is 3.79. The number of amides is 1. The highest BCUT2D eigenvalue weighted by molar-refractivity contribution is 5.86. The minimum atomic E-state index is -1.60. The highest BCUT2D eigenvalue weighted by Gasteiger charge is 2.23. The van der Waals surface area contributed by atoms with Crippen molar-refractivity contribution in [2.45, 2.75) is 19.0 Å². The van der Waals surface area contributed by atoms with E-state index in [0.717, 1.165) is 16.8 Å². The number of carbonyl (C=O) groups is 3. The minimum absolute atomic E-state index is 0.543. The summed E-state index contributed by atoms with van der Waals surface area (Å²) in [7, 11) is 0. The number of rotatable bonds is 6. The van der Waals surface area contributed by atoms with E-state index in [4.69, 9.17) is 10.2 Å². The van der Waals surface area contributed by atoms with Gasteiger partial charge in [-0.1, -0.05) is 0 Å². The van der Waals surface area contributed by atoms with Gasteiger partial charge in [0.25, 0.3) is 5.56 Å². The van der Waals surface area contributed by atoms with Crippen molar-refractivity contribution in [3.63, 3.8) is 0 Å². The topological polar surface area (TPSA) is 159 Å². The number of carboxylic acids is 2. The van der Waals surface area contributed by atoms with Crippen LogP contribution in [0.25, 0.3) is 0 Å². The average Bonchev–Trinajstić information content (AvgIpc) is 2.31. The maximum Gasteiger partial charge on any atom is 0.328 e. The monoisotopic (exact) mass is 285 g/mol. The summed E-state index contributed by atoms with van der Waals surface area (Å²) in [6, 6.07) is -0.584. The van der Waals surface area contributed by atoms with Crippen LogP contribution in [0.2, 0.25) is 0 Å². The van der Waals surface area contributed by atoms with Gasteiger partial charge in [0.15, 0.2) is 0 Å². The van der Waals surface area contributed by atoms with Crippen molar-refractivity contribution in [2.24, 2.45) is 0 Å². The first-order valence-corrected chi connectivity index (χ1v) is 5.33. The van der Waals surface area contributed by atoms with Crippen LogP contribution in [0.1, 0.15) is 6.42 Å². The summed E-state index contributed by atoms with van der Waals surface area (Å²) in [5.41, 5.74) is -1.47. The molecule has 4 N–H and O–H groups in total. The number of carbonyl (C=O) groups excluding carboxylic acids is 1. The molecule has 1 aromatic rings. The third kappa shape index (κ3) is 4.40. The van der Waals surface area contributed by atoms with E-state index in [1.807, 2.05) is 10.3 Å². The molecule has 0 bridgehead atoms. The molecule has 0 spiro atoms. The van der Waals surface area contributed by atoms with E-state index in [-0.39, 0.29) is 0 Å². The molecule has 108 valence electrons. The zero-order chi connectivity index (χ0) is 15.3. The lowest BCUT2D eigenvalue weighted by molar-refractivity contribution is -0.147. The van der Waals surface area contributed by atoms with Crippen LogP contribution < -0.4 is 16.6 Å². The Morgan fingerprint density at radius 1 is 1.30 bits per heavy atom. The number of aliphatic carboxylic acids is 2. The molecule has 0 aromatic carbocycles. The third-order valence-electron chi connectivity index (χ3n) is 2.22. The van der Waals surface area contributed by atoms with Crippen LogP contribution >= 0.6 is 0 Å². The highest BCUT2D eigenvalue weighted by atomic mass is 16.4. The summed E-state index contributed by atoms with van der Waals surface area (Å²) in [5.74, 6) is -3.76. The van der Waals surface area contributed by atoms with Crippen molar-refractivity contribution in [3.8, 4) is 0 Å². The second kappa shape index (κ2) is 6.31. The molecule has 1 aromatic heterocycles. The first-order valence-electron chi connectivity index (χ1n) is 5.33. The molecular formula is C10H11N3O7. The molecule has 10 nitrogen and oxygen atoms in total. The Morgan fingerprint density at radius 2 is 1.95 bits per heavy atom. The maximum atomic E-state index is 11.5. The molecule has 0 saturated carbocycles. The Bertz CT molecular complexity index is 645. The molecule has 0 saturated heterocycles. The molecular weight excluding hydrogens is 274 g/mol. The summed E-state index contributed by atoms with van der Waals surface area (Å²) in [4.78, 5) is 56.7. The van der Waals surface area contributed by atoms with Gasteiger partial charge in [-0.25, -0.2) is 9.59 Å². The van der Waals surface area contributed by atoms with Gasteiger partial charge in [0.05, 0.1) is 6.42 Å². The molecule has 0 aliphatic heterocycles. The number of aromatic nitrogens is 2. The van der Waals surface area contributed by atoms with Crippen LogP contribution in [0.3, 0.4) is 0 Å². The SMILES string of the molecule is O=C(O)CC(NC(=O)Cn1ccc(=O)[nH]c1=O)C(=O)O. The average molecular weight is 285 g/mol. The Labute approximate surface area is 110 Å². The van der Waals surface area contributed by atoms with Crippen LogP contribution in [0, 0.1) is 0 Å². The van der Waals surface area contributed by atoms with Gasteiger partial charge in [0, 0.05) is 12.3 Å². The standard InChI is InChI=1S/C10H11N3O7/c14-6-1-2-13(10(20)12-6)4-7(15)11-5(9(18)19)3-8(16)17/h1-2,5H,3-4H2,(H,11,15)(H,16,17)(H,18,19)(H,12,14,20). The zero-order valence-electron chi connectivity index (χ0n) is 10.0. The number of hydrogen-bond acceptors (Lipinski definition) is 5. The van der Waals surface area contributed by atoms with Crippen molar-refractivity contribution >= 4 is 17.8 Å². The van der Waals surface area contributed by atoms with Crippen LogP contribution in [-0.2, 0) is 20.9 Å². The zero-order valence-corrected chi connectivity index (χ0v) is 10.0. The first kappa shape index (κ1) is 15.1. The minimum Gasteiger partial charge on any atom is -0.481 e. The summed E-state index contributed by atoms with van der Waals surface area (Å²) in [6.07, 6.45) is 0.273. The number of nitrogens with one attached hydrogen (secondary N) is 2. The number of hydrogen-bond donors (Lipinski definition) is 4. The molecule has 0 fully saturated rings. The van der Waals surface area contributed by atoms with Gasteiger partial charge in [-0.3, -0.25) is 23.9 Å². The van der Waals surface area contributed by atoms with Crippen LogP contribution in [0.5, 0.6) is 0 Å². The van der Waals surface area contributed by atoms with Gasteiger partial charge in [0.1, 0.15) is 12.6 Å². The molecule has 0 aliphatic rings. The first-order chi connectivity index (χ1) is 9.29. The molecule has 1 heterocycles. The van der Waals surface area contributed by atoms with Gasteiger partial charge in [0.2, 0.25) is 5.91 Å². The van der Waals surface area contributed by atoms with E-state index in [0.29, 0.717) is 0 Å². The summed E-state index contributed by atoms with van der Waals surface area (Å²) in [5, 5.41) is 19.2. The summed E-state index contributed by atoms with van der Waals surface area (Å²) >= 11 is 0. The van der Waals surface area contributed by atoms with Crippen LogP contribution in [0.15, 0.2) is 21.9 Å². The third-order valence-corrected chi connectivity index (χ3v) is 2.22. The lowest BCUT2D eigenvalue weighted by Gasteiger charge is -2.12. The molecule has 0 aliphatic carbocycles. The number of carboxylic acid groups (broad SMARTS) is 2. The Morgan fingerprint density at radius 3 is 2.45 bits per heavy atom. The van der Waals surface area contributed by atoms with Crippen molar-refractivity contribution in [1.82, 2.24) is 14.9 Å². The van der Waals surface area contributed by atoms with E-state index in [1.54, 1.807) is 0 Å².